The number of carboxylic acid groups (broad SMARTS) is 2. The quantitative estimate of drug-likeness (QED) is 0.144. The van der Waals surface area contributed by atoms with Crippen molar-refractivity contribution in [3.63, 3.8) is 0 Å². The predicted molar refractivity (Wildman–Crippen MR) is 128 cm³/mol. The van der Waals surface area contributed by atoms with Crippen LogP contribution in [-0.4, -0.2) is 86.0 Å². The van der Waals surface area contributed by atoms with E-state index in [-0.39, 0.29) is 19.3 Å². The van der Waals surface area contributed by atoms with E-state index in [1.54, 1.807) is 13.8 Å². The van der Waals surface area contributed by atoms with Gasteiger partial charge in [0.15, 0.2) is 0 Å². The van der Waals surface area contributed by atoms with Crippen LogP contribution in [0, 0.1) is 5.92 Å². The van der Waals surface area contributed by atoms with Crippen LogP contribution in [-0.2, 0) is 30.4 Å². The number of aliphatic carboxylic acids is 2. The van der Waals surface area contributed by atoms with Crippen molar-refractivity contribution >= 4 is 41.4 Å². The largest absolute Gasteiger partial charge is 0.481 e. The van der Waals surface area contributed by atoms with Crippen LogP contribution in [0.15, 0.2) is 12.5 Å². The second-order valence-electron chi connectivity index (χ2n) is 8.29. The smallest absolute Gasteiger partial charge is 0.326 e. The van der Waals surface area contributed by atoms with Crippen molar-refractivity contribution in [3.05, 3.63) is 18.2 Å². The molecule has 0 bridgehead atoms. The SMILES string of the molecule is CSCCC(NC(=O)C(CCC(=O)O)NC(=O)C(N)Cc1cnc[nH]1)C(=O)NC(C(=O)O)C(C)C. The van der Waals surface area contributed by atoms with E-state index in [1.807, 2.05) is 6.26 Å². The van der Waals surface area contributed by atoms with Gasteiger partial charge in [-0.25, -0.2) is 9.78 Å². The number of hydrogen-bond donors (Lipinski definition) is 7. The van der Waals surface area contributed by atoms with Crippen molar-refractivity contribution in [3.8, 4) is 0 Å². The summed E-state index contributed by atoms with van der Waals surface area (Å²) in [7, 11) is 0. The Morgan fingerprint density at radius 2 is 1.63 bits per heavy atom. The summed E-state index contributed by atoms with van der Waals surface area (Å²) in [6.45, 7) is 3.27. The molecular weight excluding hydrogens is 480 g/mol. The molecule has 0 saturated heterocycles. The zero-order valence-corrected chi connectivity index (χ0v) is 20.8. The molecule has 8 N–H and O–H groups in total. The minimum Gasteiger partial charge on any atom is -0.481 e. The predicted octanol–water partition coefficient (Wildman–Crippen LogP) is -0.908. The number of thioether (sulfide) groups is 1. The number of imidazole rings is 1. The van der Waals surface area contributed by atoms with Crippen molar-refractivity contribution in [2.24, 2.45) is 11.7 Å². The summed E-state index contributed by atoms with van der Waals surface area (Å²) in [6, 6.07) is -4.54. The second-order valence-corrected chi connectivity index (χ2v) is 9.28. The Labute approximate surface area is 207 Å². The maximum atomic E-state index is 13.0. The molecule has 1 aromatic rings. The first-order valence-corrected chi connectivity index (χ1v) is 12.4. The Hall–Kier alpha value is -3.13. The average molecular weight is 515 g/mol. The molecule has 1 aromatic heterocycles. The fraction of sp³-hybridized carbons (Fsp3) is 0.619. The maximum absolute atomic E-state index is 13.0. The lowest BCUT2D eigenvalue weighted by atomic mass is 10.0. The van der Waals surface area contributed by atoms with Gasteiger partial charge in [-0.2, -0.15) is 11.8 Å². The molecular formula is C21H34N6O7S. The number of aromatic nitrogens is 2. The molecule has 0 spiro atoms. The fourth-order valence-electron chi connectivity index (χ4n) is 3.09. The van der Waals surface area contributed by atoms with Gasteiger partial charge in [-0.3, -0.25) is 19.2 Å². The van der Waals surface area contributed by atoms with E-state index in [9.17, 15) is 29.1 Å². The molecule has 14 heteroatoms. The van der Waals surface area contributed by atoms with Crippen LogP contribution >= 0.6 is 11.8 Å². The highest BCUT2D eigenvalue weighted by molar-refractivity contribution is 7.98. The van der Waals surface area contributed by atoms with Crippen LogP contribution in [0.5, 0.6) is 0 Å². The topological polar surface area (TPSA) is 217 Å². The van der Waals surface area contributed by atoms with Gasteiger partial charge in [0.1, 0.15) is 18.1 Å². The number of nitrogens with zero attached hydrogens (tertiary/aromatic N) is 1. The van der Waals surface area contributed by atoms with Crippen molar-refractivity contribution in [2.45, 2.75) is 63.7 Å². The van der Waals surface area contributed by atoms with Gasteiger partial charge in [-0.1, -0.05) is 13.8 Å². The highest BCUT2D eigenvalue weighted by Crippen LogP contribution is 2.08. The third kappa shape index (κ3) is 10.8. The summed E-state index contributed by atoms with van der Waals surface area (Å²) in [5.74, 6) is -4.43. The summed E-state index contributed by atoms with van der Waals surface area (Å²) in [5, 5.41) is 25.8. The number of carboxylic acids is 2. The van der Waals surface area contributed by atoms with Crippen molar-refractivity contribution in [1.29, 1.82) is 0 Å². The van der Waals surface area contributed by atoms with Crippen LogP contribution in [0.25, 0.3) is 0 Å². The van der Waals surface area contributed by atoms with E-state index < -0.39 is 66.2 Å². The monoisotopic (exact) mass is 514 g/mol. The van der Waals surface area contributed by atoms with Crippen molar-refractivity contribution in [1.82, 2.24) is 25.9 Å². The molecule has 0 aromatic carbocycles. The number of carbonyl (C=O) groups is 5. The van der Waals surface area contributed by atoms with Crippen LogP contribution in [0.1, 0.15) is 38.8 Å². The Bertz CT molecular complexity index is 864. The van der Waals surface area contributed by atoms with Crippen LogP contribution in [0.4, 0.5) is 0 Å². The average Bonchev–Trinajstić information content (AvgIpc) is 3.29. The maximum Gasteiger partial charge on any atom is 0.326 e. The van der Waals surface area contributed by atoms with Crippen LogP contribution < -0.4 is 21.7 Å². The Balaban J connectivity index is 2.95. The molecule has 0 aliphatic carbocycles. The number of nitrogens with two attached hydrogens (primary N) is 1. The third-order valence-electron chi connectivity index (χ3n) is 5.09. The van der Waals surface area contributed by atoms with Gasteiger partial charge in [0.05, 0.1) is 12.4 Å². The minimum atomic E-state index is -1.27. The number of amides is 3. The molecule has 35 heavy (non-hydrogen) atoms. The molecule has 1 rings (SSSR count). The summed E-state index contributed by atoms with van der Waals surface area (Å²) in [4.78, 5) is 67.5. The lowest BCUT2D eigenvalue weighted by Gasteiger charge is -2.26. The number of rotatable bonds is 16. The molecule has 0 aliphatic rings. The molecule has 0 fully saturated rings. The van der Waals surface area contributed by atoms with Gasteiger partial charge >= 0.3 is 11.9 Å². The molecule has 0 aliphatic heterocycles. The molecule has 1 heterocycles. The number of carbonyl (C=O) groups excluding carboxylic acids is 3. The van der Waals surface area contributed by atoms with Crippen LogP contribution in [0.2, 0.25) is 0 Å². The zero-order chi connectivity index (χ0) is 26.5. The van der Waals surface area contributed by atoms with E-state index in [4.69, 9.17) is 10.8 Å². The lowest BCUT2D eigenvalue weighted by molar-refractivity contribution is -0.143. The zero-order valence-electron chi connectivity index (χ0n) is 19.9. The molecule has 4 atom stereocenters. The number of H-pyrrole nitrogens is 1. The first-order valence-electron chi connectivity index (χ1n) is 11.0. The first-order chi connectivity index (χ1) is 16.5. The molecule has 13 nitrogen and oxygen atoms in total. The summed E-state index contributed by atoms with van der Waals surface area (Å²) in [6.07, 6.45) is 4.40. The molecule has 3 amide bonds. The second kappa shape index (κ2) is 15.0. The first kappa shape index (κ1) is 29.9. The molecule has 0 saturated carbocycles. The summed E-state index contributed by atoms with van der Waals surface area (Å²) >= 11 is 1.43. The van der Waals surface area contributed by atoms with Gasteiger partial charge in [0, 0.05) is 24.7 Å². The Morgan fingerprint density at radius 1 is 1.03 bits per heavy atom. The van der Waals surface area contributed by atoms with Gasteiger partial charge in [-0.15, -0.1) is 0 Å². The Morgan fingerprint density at radius 3 is 2.14 bits per heavy atom. The summed E-state index contributed by atoms with van der Waals surface area (Å²) < 4.78 is 0. The van der Waals surface area contributed by atoms with E-state index in [0.29, 0.717) is 11.4 Å². The van der Waals surface area contributed by atoms with Gasteiger partial charge in [-0.05, 0) is 30.8 Å². The number of hydrogen-bond acceptors (Lipinski definition) is 8. The van der Waals surface area contributed by atoms with Crippen molar-refractivity contribution in [2.75, 3.05) is 12.0 Å². The molecule has 0 radical (unpaired) electrons. The van der Waals surface area contributed by atoms with Gasteiger partial charge < -0.3 is 36.9 Å². The van der Waals surface area contributed by atoms with E-state index >= 15 is 0 Å². The highest BCUT2D eigenvalue weighted by atomic mass is 32.2. The fourth-order valence-corrected chi connectivity index (χ4v) is 3.56. The minimum absolute atomic E-state index is 0.115. The number of nitrogens with one attached hydrogen (secondary N) is 4. The number of aromatic amines is 1. The van der Waals surface area contributed by atoms with Crippen LogP contribution in [0.3, 0.4) is 0 Å². The third-order valence-corrected chi connectivity index (χ3v) is 5.73. The van der Waals surface area contributed by atoms with E-state index in [2.05, 4.69) is 25.9 Å². The Kier molecular flexibility index (Phi) is 12.8. The molecule has 196 valence electrons. The normalized spacial score (nSPS) is 14.4. The van der Waals surface area contributed by atoms with E-state index in [1.165, 1.54) is 24.3 Å². The standard InChI is InChI=1S/C21H34N6O7S/c1-11(2)17(21(33)34)27-20(32)15(6-7-35-3)26-19(31)14(4-5-16(28)29)25-18(30)13(22)8-12-9-23-10-24-12/h9-11,13-15,17H,4-8,22H2,1-3H3,(H,23,24)(H,25,30)(H,26,31)(H,27,32)(H,28,29)(H,33,34). The van der Waals surface area contributed by atoms with Crippen molar-refractivity contribution < 1.29 is 34.2 Å². The molecule has 4 unspecified atom stereocenters. The summed E-state index contributed by atoms with van der Waals surface area (Å²) in [5.41, 5.74) is 6.51. The highest BCUT2D eigenvalue weighted by Gasteiger charge is 2.31. The van der Waals surface area contributed by atoms with Gasteiger partial charge in [0.2, 0.25) is 17.7 Å². The van der Waals surface area contributed by atoms with Gasteiger partial charge in [0.25, 0.3) is 0 Å². The van der Waals surface area contributed by atoms with E-state index in [0.717, 1.165) is 0 Å². The lowest BCUT2D eigenvalue weighted by Crippen LogP contribution is -2.58.